The number of nitrogens with one attached hydrogen (secondary N) is 1. The van der Waals surface area contributed by atoms with Gasteiger partial charge in [-0.2, -0.15) is 18.2 Å². The minimum absolute atomic E-state index is 0.0787. The van der Waals surface area contributed by atoms with Gasteiger partial charge in [0.25, 0.3) is 0 Å². The van der Waals surface area contributed by atoms with E-state index < -0.39 is 11.7 Å². The third-order valence-corrected chi connectivity index (χ3v) is 5.74. The maximum Gasteiger partial charge on any atom is 0.416 e. The Morgan fingerprint density at radius 1 is 0.941 bits per heavy atom. The molecule has 0 spiro atoms. The molecule has 1 aliphatic rings. The summed E-state index contributed by atoms with van der Waals surface area (Å²) >= 11 is 0. The number of aromatic nitrogens is 2. The summed E-state index contributed by atoms with van der Waals surface area (Å²) in [6.07, 6.45) is -4.30. The molecule has 1 amide bonds. The van der Waals surface area contributed by atoms with Gasteiger partial charge in [0.15, 0.2) is 0 Å². The lowest BCUT2D eigenvalue weighted by molar-refractivity contribution is -0.137. The number of hydrogen-bond acceptors (Lipinski definition) is 5. The minimum atomic E-state index is -4.38. The van der Waals surface area contributed by atoms with E-state index in [2.05, 4.69) is 20.2 Å². The van der Waals surface area contributed by atoms with Gasteiger partial charge in [0, 0.05) is 43.6 Å². The van der Waals surface area contributed by atoms with E-state index in [1.165, 1.54) is 17.7 Å². The van der Waals surface area contributed by atoms with Gasteiger partial charge in [0.05, 0.1) is 12.0 Å². The van der Waals surface area contributed by atoms with Gasteiger partial charge in [-0.15, -0.1) is 0 Å². The van der Waals surface area contributed by atoms with Crippen LogP contribution in [0.15, 0.2) is 54.6 Å². The number of alkyl halides is 3. The van der Waals surface area contributed by atoms with Crippen molar-refractivity contribution >= 4 is 23.4 Å². The van der Waals surface area contributed by atoms with Crippen molar-refractivity contribution in [2.75, 3.05) is 36.4 Å². The molecule has 1 fully saturated rings. The second-order valence-corrected chi connectivity index (χ2v) is 8.42. The first-order valence-corrected chi connectivity index (χ1v) is 11.1. The molecule has 2 aromatic carbocycles. The number of piperazine rings is 1. The molecule has 0 aliphatic carbocycles. The second-order valence-electron chi connectivity index (χ2n) is 8.42. The number of anilines is 3. The lowest BCUT2D eigenvalue weighted by Crippen LogP contribution is -2.49. The Morgan fingerprint density at radius 2 is 1.59 bits per heavy atom. The number of rotatable bonds is 5. The van der Waals surface area contributed by atoms with E-state index in [4.69, 9.17) is 0 Å². The van der Waals surface area contributed by atoms with E-state index in [1.807, 2.05) is 44.2 Å². The summed E-state index contributed by atoms with van der Waals surface area (Å²) < 4.78 is 38.2. The topological polar surface area (TPSA) is 61.4 Å². The van der Waals surface area contributed by atoms with Crippen molar-refractivity contribution in [2.24, 2.45) is 0 Å². The van der Waals surface area contributed by atoms with Gasteiger partial charge in [-0.1, -0.05) is 29.8 Å². The van der Waals surface area contributed by atoms with Crippen LogP contribution in [0.3, 0.4) is 0 Å². The van der Waals surface area contributed by atoms with Crippen LogP contribution in [0.25, 0.3) is 0 Å². The van der Waals surface area contributed by atoms with E-state index in [0.29, 0.717) is 37.7 Å². The molecule has 4 rings (SSSR count). The molecular formula is C25H26F3N5O. The predicted octanol–water partition coefficient (Wildman–Crippen LogP) is 4.75. The fourth-order valence-corrected chi connectivity index (χ4v) is 3.82. The maximum atomic E-state index is 12.7. The van der Waals surface area contributed by atoms with Crippen LogP contribution >= 0.6 is 0 Å². The molecule has 178 valence electrons. The highest BCUT2D eigenvalue weighted by Crippen LogP contribution is 2.29. The first-order chi connectivity index (χ1) is 16.2. The van der Waals surface area contributed by atoms with Gasteiger partial charge in [0.1, 0.15) is 5.82 Å². The summed E-state index contributed by atoms with van der Waals surface area (Å²) in [5.74, 6) is 1.21. The number of amides is 1. The van der Waals surface area contributed by atoms with E-state index in [0.717, 1.165) is 29.3 Å². The summed E-state index contributed by atoms with van der Waals surface area (Å²) in [4.78, 5) is 25.7. The molecule has 3 aromatic rings. The third-order valence-electron chi connectivity index (χ3n) is 5.74. The largest absolute Gasteiger partial charge is 0.416 e. The van der Waals surface area contributed by atoms with Gasteiger partial charge in [-0.25, -0.2) is 4.98 Å². The fraction of sp³-hybridized carbons (Fsp3) is 0.320. The molecule has 0 radical (unpaired) electrons. The fourth-order valence-electron chi connectivity index (χ4n) is 3.82. The van der Waals surface area contributed by atoms with Crippen LogP contribution in [0.4, 0.5) is 30.6 Å². The van der Waals surface area contributed by atoms with Crippen molar-refractivity contribution in [3.63, 3.8) is 0 Å². The van der Waals surface area contributed by atoms with E-state index in [9.17, 15) is 18.0 Å². The zero-order valence-electron chi connectivity index (χ0n) is 19.1. The van der Waals surface area contributed by atoms with Gasteiger partial charge >= 0.3 is 6.18 Å². The third kappa shape index (κ3) is 5.84. The maximum absolute atomic E-state index is 12.7. The molecule has 1 aliphatic heterocycles. The quantitative estimate of drug-likeness (QED) is 0.585. The first-order valence-electron chi connectivity index (χ1n) is 11.1. The Morgan fingerprint density at radius 3 is 2.21 bits per heavy atom. The van der Waals surface area contributed by atoms with E-state index in [-0.39, 0.29) is 12.3 Å². The van der Waals surface area contributed by atoms with Crippen molar-refractivity contribution in [3.8, 4) is 0 Å². The van der Waals surface area contributed by atoms with Crippen LogP contribution < -0.4 is 10.2 Å². The monoisotopic (exact) mass is 469 g/mol. The van der Waals surface area contributed by atoms with Crippen LogP contribution in [-0.4, -0.2) is 47.0 Å². The Balaban J connectivity index is 1.35. The molecule has 0 atom stereocenters. The predicted molar refractivity (Wildman–Crippen MR) is 125 cm³/mol. The molecule has 1 N–H and O–H groups in total. The summed E-state index contributed by atoms with van der Waals surface area (Å²) in [6, 6.07) is 14.6. The number of carbonyl (C=O) groups excluding carboxylic acids is 1. The Bertz CT molecular complexity index is 1140. The van der Waals surface area contributed by atoms with Gasteiger partial charge in [-0.05, 0) is 43.7 Å². The lowest BCUT2D eigenvalue weighted by Gasteiger charge is -2.35. The zero-order valence-corrected chi connectivity index (χ0v) is 19.1. The number of aryl methyl sites for hydroxylation is 2. The average Bonchev–Trinajstić information content (AvgIpc) is 2.80. The Labute approximate surface area is 196 Å². The first kappa shape index (κ1) is 23.5. The van der Waals surface area contributed by atoms with Crippen molar-refractivity contribution in [1.29, 1.82) is 0 Å². The second kappa shape index (κ2) is 9.70. The van der Waals surface area contributed by atoms with Crippen molar-refractivity contribution in [3.05, 3.63) is 77.0 Å². The number of carbonyl (C=O) groups is 1. The molecule has 0 bridgehead atoms. The molecule has 0 saturated carbocycles. The van der Waals surface area contributed by atoms with Gasteiger partial charge in [-0.3, -0.25) is 4.79 Å². The molecule has 6 nitrogen and oxygen atoms in total. The summed E-state index contributed by atoms with van der Waals surface area (Å²) in [5.41, 5.74) is 2.76. The van der Waals surface area contributed by atoms with Crippen LogP contribution in [0.1, 0.15) is 22.4 Å². The highest BCUT2D eigenvalue weighted by molar-refractivity contribution is 5.79. The summed E-state index contributed by atoms with van der Waals surface area (Å²) in [5, 5.41) is 3.24. The van der Waals surface area contributed by atoms with Crippen LogP contribution in [0, 0.1) is 13.8 Å². The van der Waals surface area contributed by atoms with E-state index >= 15 is 0 Å². The van der Waals surface area contributed by atoms with Crippen molar-refractivity contribution in [2.45, 2.75) is 26.4 Å². The molecule has 1 aromatic heterocycles. The average molecular weight is 470 g/mol. The molecule has 0 unspecified atom stereocenters. The normalized spacial score (nSPS) is 14.3. The highest BCUT2D eigenvalue weighted by atomic mass is 19.4. The Kier molecular flexibility index (Phi) is 6.72. The van der Waals surface area contributed by atoms with Crippen LogP contribution in [0.5, 0.6) is 0 Å². The van der Waals surface area contributed by atoms with Crippen LogP contribution in [-0.2, 0) is 17.4 Å². The molecule has 9 heteroatoms. The number of benzene rings is 2. The molecule has 34 heavy (non-hydrogen) atoms. The highest BCUT2D eigenvalue weighted by Gasteiger charge is 2.30. The summed E-state index contributed by atoms with van der Waals surface area (Å²) in [7, 11) is 0. The SMILES string of the molecule is Cc1ccc(Nc2nc(C)cc(N3CCN(C(=O)Cc4ccc(C(F)(F)F)cc4)CC3)n2)cc1. The number of nitrogens with zero attached hydrogens (tertiary/aromatic N) is 4. The lowest BCUT2D eigenvalue weighted by atomic mass is 10.1. The minimum Gasteiger partial charge on any atom is -0.353 e. The van der Waals surface area contributed by atoms with Crippen LogP contribution in [0.2, 0.25) is 0 Å². The van der Waals surface area contributed by atoms with Crippen molar-refractivity contribution in [1.82, 2.24) is 14.9 Å². The van der Waals surface area contributed by atoms with Crippen molar-refractivity contribution < 1.29 is 18.0 Å². The molecule has 2 heterocycles. The van der Waals surface area contributed by atoms with Gasteiger partial charge < -0.3 is 15.1 Å². The standard InChI is InChI=1S/C25H26F3N5O/c1-17-3-9-21(10-4-17)30-24-29-18(2)15-22(31-24)32-11-13-33(14-12-32)23(34)16-19-5-7-20(8-6-19)25(26,27)28/h3-10,15H,11-14,16H2,1-2H3,(H,29,30,31). The molecule has 1 saturated heterocycles. The van der Waals surface area contributed by atoms with E-state index in [1.54, 1.807) is 4.90 Å². The Hall–Kier alpha value is -3.62. The zero-order chi connectivity index (χ0) is 24.3. The molecular weight excluding hydrogens is 443 g/mol. The summed E-state index contributed by atoms with van der Waals surface area (Å²) in [6.45, 7) is 6.19. The van der Waals surface area contributed by atoms with Gasteiger partial charge in [0.2, 0.25) is 11.9 Å². The number of hydrogen-bond donors (Lipinski definition) is 1. The smallest absolute Gasteiger partial charge is 0.353 e. The number of halogens is 3.